The Balaban J connectivity index is 1.96. The fourth-order valence-electron chi connectivity index (χ4n) is 1.82. The highest BCUT2D eigenvalue weighted by molar-refractivity contribution is 5.44. The van der Waals surface area contributed by atoms with E-state index in [1.54, 1.807) is 18.2 Å². The Morgan fingerprint density at radius 2 is 2.00 bits per heavy atom. The van der Waals surface area contributed by atoms with E-state index in [4.69, 9.17) is 0 Å². The lowest BCUT2D eigenvalue weighted by Crippen LogP contribution is -2.19. The maximum atomic E-state index is 13.2. The van der Waals surface area contributed by atoms with Gasteiger partial charge in [-0.25, -0.2) is 9.37 Å². The van der Waals surface area contributed by atoms with E-state index in [0.717, 1.165) is 5.56 Å². The molecule has 1 unspecified atom stereocenters. The van der Waals surface area contributed by atoms with Crippen molar-refractivity contribution >= 4 is 5.69 Å². The molecule has 0 radical (unpaired) electrons. The van der Waals surface area contributed by atoms with Crippen LogP contribution in [0.25, 0.3) is 0 Å². The lowest BCUT2D eigenvalue weighted by Gasteiger charge is -2.16. The molecule has 118 valence electrons. The van der Waals surface area contributed by atoms with Crippen LogP contribution < -0.4 is 10.1 Å². The first-order chi connectivity index (χ1) is 10.3. The number of anilines is 1. The zero-order valence-corrected chi connectivity index (χ0v) is 11.7. The third kappa shape index (κ3) is 4.91. The van der Waals surface area contributed by atoms with E-state index in [1.165, 1.54) is 24.4 Å². The number of alkyl halides is 3. The minimum absolute atomic E-state index is 0.110. The quantitative estimate of drug-likeness (QED) is 0.834. The molecule has 3 nitrogen and oxygen atoms in total. The summed E-state index contributed by atoms with van der Waals surface area (Å²) in [7, 11) is 0. The molecule has 0 spiro atoms. The van der Waals surface area contributed by atoms with Crippen molar-refractivity contribution in [1.29, 1.82) is 0 Å². The van der Waals surface area contributed by atoms with Gasteiger partial charge in [-0.15, -0.1) is 0 Å². The van der Waals surface area contributed by atoms with Gasteiger partial charge in [-0.2, -0.15) is 13.2 Å². The molecule has 2 rings (SSSR count). The van der Waals surface area contributed by atoms with E-state index in [-0.39, 0.29) is 17.7 Å². The summed E-state index contributed by atoms with van der Waals surface area (Å²) in [5.41, 5.74) is 1.34. The number of aromatic nitrogens is 1. The van der Waals surface area contributed by atoms with Crippen LogP contribution in [0.4, 0.5) is 23.2 Å². The molecular weight excluding hydrogens is 300 g/mol. The second kappa shape index (κ2) is 6.64. The monoisotopic (exact) mass is 314 g/mol. The lowest BCUT2D eigenvalue weighted by atomic mass is 10.1. The molecular formula is C15H14F4N2O. The first kappa shape index (κ1) is 16.1. The number of hydrogen-bond donors (Lipinski definition) is 1. The Morgan fingerprint density at radius 3 is 2.59 bits per heavy atom. The zero-order chi connectivity index (χ0) is 16.2. The first-order valence-corrected chi connectivity index (χ1v) is 6.51. The molecule has 1 aromatic heterocycles. The molecule has 0 saturated heterocycles. The molecule has 0 amide bonds. The highest BCUT2D eigenvalue weighted by Gasteiger charge is 2.28. The normalized spacial score (nSPS) is 12.8. The van der Waals surface area contributed by atoms with Gasteiger partial charge in [0.1, 0.15) is 5.82 Å². The first-order valence-electron chi connectivity index (χ1n) is 6.51. The summed E-state index contributed by atoms with van der Waals surface area (Å²) in [5, 5.41) is 3.08. The third-order valence-corrected chi connectivity index (χ3v) is 2.85. The number of rotatable bonds is 5. The van der Waals surface area contributed by atoms with Crippen LogP contribution in [0.1, 0.15) is 18.5 Å². The van der Waals surface area contributed by atoms with Gasteiger partial charge in [0, 0.05) is 12.1 Å². The number of nitrogens with zero attached hydrogens (tertiary/aromatic N) is 1. The lowest BCUT2D eigenvalue weighted by molar-refractivity contribution is -0.154. The van der Waals surface area contributed by atoms with Crippen molar-refractivity contribution in [3.8, 4) is 5.88 Å². The molecule has 1 heterocycles. The fraction of sp³-hybridized carbons (Fsp3) is 0.267. The molecule has 0 aliphatic carbocycles. The molecule has 1 aromatic carbocycles. The Kier molecular flexibility index (Phi) is 4.85. The van der Waals surface area contributed by atoms with Gasteiger partial charge < -0.3 is 10.1 Å². The highest BCUT2D eigenvalue weighted by Crippen LogP contribution is 2.21. The van der Waals surface area contributed by atoms with Crippen molar-refractivity contribution in [3.05, 3.63) is 54.0 Å². The molecule has 0 bridgehead atoms. The molecule has 1 N–H and O–H groups in total. The van der Waals surface area contributed by atoms with E-state index >= 15 is 0 Å². The molecule has 0 aliphatic heterocycles. The number of pyridine rings is 1. The number of hydrogen-bond acceptors (Lipinski definition) is 3. The van der Waals surface area contributed by atoms with Crippen LogP contribution in [-0.4, -0.2) is 17.8 Å². The maximum absolute atomic E-state index is 13.2. The molecule has 0 saturated carbocycles. The average Bonchev–Trinajstić information content (AvgIpc) is 2.46. The molecule has 0 fully saturated rings. The summed E-state index contributed by atoms with van der Waals surface area (Å²) in [5.74, 6) is -0.443. The SMILES string of the molecule is CC(Nc1ccc(OCC(F)(F)F)nc1)c1cccc(F)c1. The minimum atomic E-state index is -4.40. The Labute approximate surface area is 124 Å². The second-order valence-electron chi connectivity index (χ2n) is 4.71. The van der Waals surface area contributed by atoms with Crippen LogP contribution in [-0.2, 0) is 0 Å². The topological polar surface area (TPSA) is 34.1 Å². The number of ether oxygens (including phenoxy) is 1. The standard InChI is InChI=1S/C15H14F4N2O/c1-10(11-3-2-4-12(16)7-11)21-13-5-6-14(20-8-13)22-9-15(17,18)19/h2-8,10,21H,9H2,1H3. The predicted molar refractivity (Wildman–Crippen MR) is 74.2 cm³/mol. The Morgan fingerprint density at radius 1 is 1.23 bits per heavy atom. The molecule has 2 aromatic rings. The van der Waals surface area contributed by atoms with E-state index in [1.807, 2.05) is 6.92 Å². The Bertz CT molecular complexity index is 614. The van der Waals surface area contributed by atoms with Crippen LogP contribution in [0, 0.1) is 5.82 Å². The van der Waals surface area contributed by atoms with Crippen molar-refractivity contribution in [2.75, 3.05) is 11.9 Å². The molecule has 22 heavy (non-hydrogen) atoms. The molecule has 1 atom stereocenters. The summed E-state index contributed by atoms with van der Waals surface area (Å²) in [6.45, 7) is 0.454. The van der Waals surface area contributed by atoms with E-state index < -0.39 is 12.8 Å². The van der Waals surface area contributed by atoms with Crippen molar-refractivity contribution in [2.45, 2.75) is 19.1 Å². The van der Waals surface area contributed by atoms with Crippen LogP contribution in [0.3, 0.4) is 0 Å². The summed E-state index contributed by atoms with van der Waals surface area (Å²) in [6.07, 6.45) is -3.04. The summed E-state index contributed by atoms with van der Waals surface area (Å²) < 4.78 is 53.7. The van der Waals surface area contributed by atoms with Crippen LogP contribution in [0.5, 0.6) is 5.88 Å². The van der Waals surface area contributed by atoms with E-state index in [2.05, 4.69) is 15.0 Å². The predicted octanol–water partition coefficient (Wildman–Crippen LogP) is 4.33. The second-order valence-corrected chi connectivity index (χ2v) is 4.71. The fourth-order valence-corrected chi connectivity index (χ4v) is 1.82. The van der Waals surface area contributed by atoms with E-state index in [0.29, 0.717) is 5.69 Å². The van der Waals surface area contributed by atoms with Gasteiger partial charge in [0.25, 0.3) is 0 Å². The highest BCUT2D eigenvalue weighted by atomic mass is 19.4. The summed E-state index contributed by atoms with van der Waals surface area (Å²) >= 11 is 0. The van der Waals surface area contributed by atoms with Crippen LogP contribution >= 0.6 is 0 Å². The average molecular weight is 314 g/mol. The van der Waals surface area contributed by atoms with Gasteiger partial charge in [0.2, 0.25) is 5.88 Å². The summed E-state index contributed by atoms with van der Waals surface area (Å²) in [6, 6.07) is 8.85. The van der Waals surface area contributed by atoms with Crippen molar-refractivity contribution in [1.82, 2.24) is 4.98 Å². The van der Waals surface area contributed by atoms with Crippen molar-refractivity contribution in [3.63, 3.8) is 0 Å². The molecule has 7 heteroatoms. The van der Waals surface area contributed by atoms with Gasteiger partial charge >= 0.3 is 6.18 Å². The molecule has 0 aliphatic rings. The van der Waals surface area contributed by atoms with Crippen molar-refractivity contribution in [2.24, 2.45) is 0 Å². The van der Waals surface area contributed by atoms with Crippen LogP contribution in [0.2, 0.25) is 0 Å². The maximum Gasteiger partial charge on any atom is 0.422 e. The minimum Gasteiger partial charge on any atom is -0.468 e. The number of nitrogens with one attached hydrogen (secondary N) is 1. The number of halogens is 4. The summed E-state index contributed by atoms with van der Waals surface area (Å²) in [4.78, 5) is 3.79. The van der Waals surface area contributed by atoms with Crippen LogP contribution in [0.15, 0.2) is 42.6 Å². The van der Waals surface area contributed by atoms with Gasteiger partial charge in [-0.1, -0.05) is 12.1 Å². The van der Waals surface area contributed by atoms with Gasteiger partial charge in [0.15, 0.2) is 6.61 Å². The zero-order valence-electron chi connectivity index (χ0n) is 11.7. The van der Waals surface area contributed by atoms with E-state index in [9.17, 15) is 17.6 Å². The van der Waals surface area contributed by atoms with Gasteiger partial charge in [-0.05, 0) is 30.7 Å². The van der Waals surface area contributed by atoms with Gasteiger partial charge in [0.05, 0.1) is 11.9 Å². The third-order valence-electron chi connectivity index (χ3n) is 2.85. The van der Waals surface area contributed by atoms with Gasteiger partial charge in [-0.3, -0.25) is 0 Å². The Hall–Kier alpha value is -2.31. The largest absolute Gasteiger partial charge is 0.468 e. The smallest absolute Gasteiger partial charge is 0.422 e. The number of benzene rings is 1. The van der Waals surface area contributed by atoms with Crippen molar-refractivity contribution < 1.29 is 22.3 Å².